The summed E-state index contributed by atoms with van der Waals surface area (Å²) < 4.78 is 40.8. The van der Waals surface area contributed by atoms with Crippen LogP contribution in [0.3, 0.4) is 0 Å². The van der Waals surface area contributed by atoms with E-state index >= 15 is 0 Å². The largest absolute Gasteiger partial charge is 0.485 e. The van der Waals surface area contributed by atoms with Gasteiger partial charge in [0.2, 0.25) is 10.0 Å². The number of nitrogens with one attached hydrogen (secondary N) is 1. The zero-order chi connectivity index (χ0) is 34.3. The molecule has 3 N–H and O–H groups in total. The Labute approximate surface area is 281 Å². The monoisotopic (exact) mass is 668 g/mol. The topological polar surface area (TPSA) is 147 Å². The van der Waals surface area contributed by atoms with E-state index in [1.807, 2.05) is 67.6 Å². The van der Waals surface area contributed by atoms with Crippen molar-refractivity contribution >= 4 is 15.7 Å². The van der Waals surface area contributed by atoms with Crippen LogP contribution in [-0.4, -0.2) is 46.3 Å². The van der Waals surface area contributed by atoms with E-state index in [4.69, 9.17) is 14.5 Å². The molecule has 1 aromatic heterocycles. The van der Waals surface area contributed by atoms with Gasteiger partial charge in [-0.1, -0.05) is 90.0 Å². The number of aliphatic hydroxyl groups excluding tert-OH is 1. The highest BCUT2D eigenvalue weighted by atomic mass is 32.2. The average Bonchev–Trinajstić information content (AvgIpc) is 3.56. The second kappa shape index (κ2) is 14.9. The molecule has 0 saturated carbocycles. The van der Waals surface area contributed by atoms with Gasteiger partial charge < -0.3 is 19.6 Å². The molecule has 0 amide bonds. The third-order valence-corrected chi connectivity index (χ3v) is 9.52. The summed E-state index contributed by atoms with van der Waals surface area (Å²) in [5.41, 5.74) is 4.05. The fourth-order valence-electron chi connectivity index (χ4n) is 5.35. The Morgan fingerprint density at radius 3 is 2.19 bits per heavy atom. The fourth-order valence-corrected chi connectivity index (χ4v) is 6.57. The SMILES string of the molecule is C/C(Cc1ccccc1)=N\O.CCc1ccc(S(=O)(=O)N[C@@H]2c3cc(-c4nc(Cc5ccccc5)no4)ccc3OC(C)(C)[C@H]2O)cc1. The summed E-state index contributed by atoms with van der Waals surface area (Å²) in [6.45, 7) is 7.25. The number of aromatic nitrogens is 2. The predicted octanol–water partition coefficient (Wildman–Crippen LogP) is 6.52. The van der Waals surface area contributed by atoms with Gasteiger partial charge in [-0.15, -0.1) is 0 Å². The summed E-state index contributed by atoms with van der Waals surface area (Å²) in [6, 6.07) is 30.7. The summed E-state index contributed by atoms with van der Waals surface area (Å²) in [5.74, 6) is 1.30. The molecule has 5 aromatic rings. The normalized spacial score (nSPS) is 17.1. The number of nitrogens with zero attached hydrogens (tertiary/aromatic N) is 3. The molecule has 48 heavy (non-hydrogen) atoms. The van der Waals surface area contributed by atoms with Gasteiger partial charge >= 0.3 is 0 Å². The molecule has 0 saturated heterocycles. The predicted molar refractivity (Wildman–Crippen MR) is 184 cm³/mol. The van der Waals surface area contributed by atoms with Crippen LogP contribution in [0.2, 0.25) is 0 Å². The number of rotatable bonds is 9. The van der Waals surface area contributed by atoms with Crippen molar-refractivity contribution in [3.63, 3.8) is 0 Å². The first-order valence-corrected chi connectivity index (χ1v) is 17.2. The zero-order valence-corrected chi connectivity index (χ0v) is 28.2. The van der Waals surface area contributed by atoms with Crippen LogP contribution in [0.15, 0.2) is 118 Å². The van der Waals surface area contributed by atoms with Crippen molar-refractivity contribution in [1.82, 2.24) is 14.9 Å². The number of aryl methyl sites for hydroxylation is 1. The molecule has 2 heterocycles. The molecule has 0 aliphatic carbocycles. The second-order valence-electron chi connectivity index (χ2n) is 12.2. The summed E-state index contributed by atoms with van der Waals surface area (Å²) in [4.78, 5) is 4.64. The maximum absolute atomic E-state index is 13.3. The Morgan fingerprint density at radius 1 is 0.917 bits per heavy atom. The maximum atomic E-state index is 13.3. The molecule has 4 aromatic carbocycles. The molecule has 0 fully saturated rings. The van der Waals surface area contributed by atoms with Crippen LogP contribution in [0.1, 0.15) is 61.8 Å². The third kappa shape index (κ3) is 8.35. The Hall–Kier alpha value is -4.84. The first-order valence-electron chi connectivity index (χ1n) is 15.7. The van der Waals surface area contributed by atoms with E-state index in [-0.39, 0.29) is 4.90 Å². The number of oxime groups is 1. The molecule has 0 unspecified atom stereocenters. The quantitative estimate of drug-likeness (QED) is 0.0914. The summed E-state index contributed by atoms with van der Waals surface area (Å²) >= 11 is 0. The minimum atomic E-state index is -3.94. The number of hydrogen-bond acceptors (Lipinski definition) is 9. The second-order valence-corrected chi connectivity index (χ2v) is 13.9. The van der Waals surface area contributed by atoms with Crippen molar-refractivity contribution < 1.29 is 28.0 Å². The molecule has 2 atom stereocenters. The van der Waals surface area contributed by atoms with Gasteiger partial charge in [-0.25, -0.2) is 13.1 Å². The van der Waals surface area contributed by atoms with Crippen LogP contribution in [-0.2, 0) is 29.3 Å². The highest BCUT2D eigenvalue weighted by molar-refractivity contribution is 7.89. The van der Waals surface area contributed by atoms with E-state index in [1.54, 1.807) is 63.2 Å². The van der Waals surface area contributed by atoms with Gasteiger partial charge in [0.15, 0.2) is 5.82 Å². The van der Waals surface area contributed by atoms with Crippen molar-refractivity contribution in [2.75, 3.05) is 0 Å². The molecule has 0 spiro atoms. The van der Waals surface area contributed by atoms with Crippen LogP contribution in [0.4, 0.5) is 0 Å². The van der Waals surface area contributed by atoms with E-state index in [0.717, 1.165) is 29.7 Å². The van der Waals surface area contributed by atoms with Crippen LogP contribution in [0.25, 0.3) is 11.5 Å². The van der Waals surface area contributed by atoms with Gasteiger partial charge in [-0.2, -0.15) is 4.98 Å². The van der Waals surface area contributed by atoms with E-state index in [2.05, 4.69) is 20.0 Å². The van der Waals surface area contributed by atoms with Crippen LogP contribution >= 0.6 is 0 Å². The van der Waals surface area contributed by atoms with Crippen molar-refractivity contribution in [1.29, 1.82) is 0 Å². The highest BCUT2D eigenvalue weighted by Crippen LogP contribution is 2.42. The van der Waals surface area contributed by atoms with Crippen LogP contribution in [0, 0.1) is 0 Å². The van der Waals surface area contributed by atoms with E-state index < -0.39 is 27.8 Å². The Balaban J connectivity index is 0.000000349. The van der Waals surface area contributed by atoms with Gasteiger partial charge in [0.1, 0.15) is 17.5 Å². The maximum Gasteiger partial charge on any atom is 0.257 e. The zero-order valence-electron chi connectivity index (χ0n) is 27.4. The van der Waals surface area contributed by atoms with Crippen molar-refractivity contribution in [3.8, 4) is 17.2 Å². The average molecular weight is 669 g/mol. The van der Waals surface area contributed by atoms with Crippen molar-refractivity contribution in [2.24, 2.45) is 5.16 Å². The molecule has 6 rings (SSSR count). The summed E-state index contributed by atoms with van der Waals surface area (Å²) in [5, 5.41) is 26.7. The van der Waals surface area contributed by atoms with E-state index in [1.165, 1.54) is 5.56 Å². The van der Waals surface area contributed by atoms with E-state index in [9.17, 15) is 13.5 Å². The third-order valence-electron chi connectivity index (χ3n) is 8.06. The lowest BCUT2D eigenvalue weighted by Gasteiger charge is -2.42. The molecule has 11 heteroatoms. The number of fused-ring (bicyclic) bond motifs is 1. The molecular formula is C37H40N4O6S. The van der Waals surface area contributed by atoms with Gasteiger partial charge in [-0.3, -0.25) is 0 Å². The Kier molecular flexibility index (Phi) is 10.7. The molecule has 0 radical (unpaired) electrons. The van der Waals surface area contributed by atoms with E-state index in [0.29, 0.717) is 35.0 Å². The minimum absolute atomic E-state index is 0.126. The van der Waals surface area contributed by atoms with Crippen LogP contribution in [0.5, 0.6) is 5.75 Å². The van der Waals surface area contributed by atoms with Gasteiger partial charge in [0.05, 0.1) is 16.6 Å². The first-order chi connectivity index (χ1) is 23.0. The lowest BCUT2D eigenvalue weighted by molar-refractivity contribution is -0.0602. The molecule has 250 valence electrons. The van der Waals surface area contributed by atoms with Crippen molar-refractivity contribution in [3.05, 3.63) is 131 Å². The number of aliphatic hydroxyl groups is 1. The standard InChI is InChI=1S/C28H29N3O5S.C9H11NO/c1-4-18-10-13-21(14-11-18)37(33,34)31-25-22-17-20(12-15-23(22)35-28(2,3)26(25)32)27-29-24(30-36-27)16-19-8-6-5-7-9-19;1-8(10-11)7-9-5-3-2-4-6-9/h5-15,17,25-26,31-32H,4,16H2,1-3H3;2-6,11H,7H2,1H3/b;10-8+/t25-,26+;/m1./s1. The Bertz CT molecular complexity index is 1940. The number of sulfonamides is 1. The fraction of sp³-hybridized carbons (Fsp3) is 0.270. The summed E-state index contributed by atoms with van der Waals surface area (Å²) in [7, 11) is -3.94. The lowest BCUT2D eigenvalue weighted by atomic mass is 9.86. The molecule has 1 aliphatic heterocycles. The molecule has 10 nitrogen and oxygen atoms in total. The van der Waals surface area contributed by atoms with Crippen LogP contribution < -0.4 is 9.46 Å². The number of hydrogen-bond donors (Lipinski definition) is 3. The molecule has 0 bridgehead atoms. The Morgan fingerprint density at radius 2 is 1.56 bits per heavy atom. The number of benzene rings is 4. The smallest absolute Gasteiger partial charge is 0.257 e. The van der Waals surface area contributed by atoms with Crippen molar-refractivity contribution in [2.45, 2.75) is 69.6 Å². The molecular weight excluding hydrogens is 628 g/mol. The molecule has 1 aliphatic rings. The lowest BCUT2D eigenvalue weighted by Crippen LogP contribution is -2.53. The number of ether oxygens (including phenoxy) is 1. The highest BCUT2D eigenvalue weighted by Gasteiger charge is 2.45. The van der Waals surface area contributed by atoms with Gasteiger partial charge in [-0.05, 0) is 74.2 Å². The first kappa shape index (κ1) is 34.5. The summed E-state index contributed by atoms with van der Waals surface area (Å²) in [6.07, 6.45) is 0.887. The van der Waals surface area contributed by atoms with Gasteiger partial charge in [0, 0.05) is 24.0 Å². The minimum Gasteiger partial charge on any atom is -0.485 e. The van der Waals surface area contributed by atoms with Gasteiger partial charge in [0.25, 0.3) is 5.89 Å².